The summed E-state index contributed by atoms with van der Waals surface area (Å²) in [5, 5.41) is 0. The van der Waals surface area contributed by atoms with E-state index in [1.807, 2.05) is 29.8 Å². The predicted octanol–water partition coefficient (Wildman–Crippen LogP) is 0.887. The monoisotopic (exact) mass is 201 g/mol. The van der Waals surface area contributed by atoms with E-state index in [1.54, 1.807) is 6.07 Å². The fraction of sp³-hybridized carbons (Fsp3) is 0.250. The Morgan fingerprint density at radius 1 is 1.46 bits per heavy atom. The Hall–Kier alpha value is -0.910. The second-order valence-corrected chi connectivity index (χ2v) is 4.02. The Kier molecular flexibility index (Phi) is 3.02. The van der Waals surface area contributed by atoms with Crippen LogP contribution in [0.1, 0.15) is 11.1 Å². The molecule has 4 nitrogen and oxygen atoms in total. The third-order valence-electron chi connectivity index (χ3n) is 1.54. The highest BCUT2D eigenvalue weighted by Gasteiger charge is 2.02. The van der Waals surface area contributed by atoms with E-state index in [0.29, 0.717) is 0 Å². The van der Waals surface area contributed by atoms with Crippen molar-refractivity contribution in [2.45, 2.75) is 13.5 Å². The summed E-state index contributed by atoms with van der Waals surface area (Å²) in [6, 6.07) is 7.37. The van der Waals surface area contributed by atoms with Crippen molar-refractivity contribution < 1.29 is 13.0 Å². The lowest BCUT2D eigenvalue weighted by Crippen LogP contribution is -2.21. The molecule has 0 bridgehead atoms. The van der Waals surface area contributed by atoms with Crippen molar-refractivity contribution >= 4 is 10.3 Å². The summed E-state index contributed by atoms with van der Waals surface area (Å²) in [7, 11) is -4.09. The first kappa shape index (κ1) is 10.2. The van der Waals surface area contributed by atoms with Crippen molar-refractivity contribution in [1.29, 1.82) is 0 Å². The molecule has 0 atom stereocenters. The molecule has 5 heteroatoms. The Morgan fingerprint density at radius 3 is 2.69 bits per heavy atom. The second kappa shape index (κ2) is 3.87. The SMILES string of the molecule is Cc1cccc(CNS(=O)(=O)O)c1. The highest BCUT2D eigenvalue weighted by Crippen LogP contribution is 2.03. The van der Waals surface area contributed by atoms with Crippen molar-refractivity contribution in [2.75, 3.05) is 0 Å². The van der Waals surface area contributed by atoms with Crippen LogP contribution in [0.25, 0.3) is 0 Å². The number of rotatable bonds is 3. The van der Waals surface area contributed by atoms with Crippen LogP contribution in [0.15, 0.2) is 24.3 Å². The van der Waals surface area contributed by atoms with Gasteiger partial charge in [0.05, 0.1) is 0 Å². The number of hydrogen-bond acceptors (Lipinski definition) is 2. The molecule has 0 radical (unpaired) electrons. The smallest absolute Gasteiger partial charge is 0.273 e. The van der Waals surface area contributed by atoms with Crippen LogP contribution in [0.4, 0.5) is 0 Å². The summed E-state index contributed by atoms with van der Waals surface area (Å²) in [6.07, 6.45) is 0. The van der Waals surface area contributed by atoms with Crippen LogP contribution in [0.2, 0.25) is 0 Å². The van der Waals surface area contributed by atoms with E-state index in [2.05, 4.69) is 0 Å². The van der Waals surface area contributed by atoms with Gasteiger partial charge in [0.25, 0.3) is 0 Å². The molecular weight excluding hydrogens is 190 g/mol. The molecule has 13 heavy (non-hydrogen) atoms. The molecule has 0 aliphatic carbocycles. The fourth-order valence-electron chi connectivity index (χ4n) is 0.997. The minimum absolute atomic E-state index is 0.112. The highest BCUT2D eigenvalue weighted by atomic mass is 32.2. The van der Waals surface area contributed by atoms with Gasteiger partial charge in [-0.25, -0.2) is 0 Å². The summed E-state index contributed by atoms with van der Waals surface area (Å²) in [6.45, 7) is 2.03. The summed E-state index contributed by atoms with van der Waals surface area (Å²) in [4.78, 5) is 0. The summed E-state index contributed by atoms with van der Waals surface area (Å²) in [5.41, 5.74) is 1.87. The molecule has 0 saturated carbocycles. The van der Waals surface area contributed by atoms with Gasteiger partial charge in [0, 0.05) is 6.54 Å². The van der Waals surface area contributed by atoms with Gasteiger partial charge >= 0.3 is 10.3 Å². The van der Waals surface area contributed by atoms with E-state index < -0.39 is 10.3 Å². The van der Waals surface area contributed by atoms with Gasteiger partial charge in [-0.3, -0.25) is 4.55 Å². The lowest BCUT2D eigenvalue weighted by atomic mass is 10.1. The van der Waals surface area contributed by atoms with Gasteiger partial charge in [-0.2, -0.15) is 13.1 Å². The van der Waals surface area contributed by atoms with Gasteiger partial charge in [-0.05, 0) is 12.5 Å². The Bertz CT molecular complexity index is 386. The van der Waals surface area contributed by atoms with Gasteiger partial charge in [-0.15, -0.1) is 0 Å². The first-order chi connectivity index (χ1) is 5.97. The molecular formula is C8H11NO3S. The maximum absolute atomic E-state index is 10.3. The van der Waals surface area contributed by atoms with Gasteiger partial charge in [0.1, 0.15) is 0 Å². The van der Waals surface area contributed by atoms with E-state index in [4.69, 9.17) is 4.55 Å². The van der Waals surface area contributed by atoms with Crippen LogP contribution in [-0.4, -0.2) is 13.0 Å². The van der Waals surface area contributed by atoms with Crippen LogP contribution in [-0.2, 0) is 16.8 Å². The number of hydrogen-bond donors (Lipinski definition) is 2. The topological polar surface area (TPSA) is 66.4 Å². The zero-order valence-electron chi connectivity index (χ0n) is 7.19. The van der Waals surface area contributed by atoms with Crippen LogP contribution in [0, 0.1) is 6.92 Å². The Labute approximate surface area is 77.5 Å². The second-order valence-electron chi connectivity index (χ2n) is 2.79. The average Bonchev–Trinajstić information content (AvgIpc) is 2.00. The number of aryl methyl sites for hydroxylation is 1. The molecule has 0 spiro atoms. The normalized spacial score (nSPS) is 11.5. The van der Waals surface area contributed by atoms with Gasteiger partial charge in [0.2, 0.25) is 0 Å². The minimum Gasteiger partial charge on any atom is -0.273 e. The molecule has 0 aromatic heterocycles. The number of nitrogens with one attached hydrogen (secondary N) is 1. The average molecular weight is 201 g/mol. The van der Waals surface area contributed by atoms with Crippen molar-refractivity contribution in [3.63, 3.8) is 0 Å². The lowest BCUT2D eigenvalue weighted by molar-refractivity contribution is 0.467. The highest BCUT2D eigenvalue weighted by molar-refractivity contribution is 7.83. The van der Waals surface area contributed by atoms with Crippen LogP contribution in [0.3, 0.4) is 0 Å². The molecule has 0 aliphatic rings. The summed E-state index contributed by atoms with van der Waals surface area (Å²) in [5.74, 6) is 0. The predicted molar refractivity (Wildman–Crippen MR) is 49.6 cm³/mol. The molecule has 1 aromatic rings. The van der Waals surface area contributed by atoms with Gasteiger partial charge < -0.3 is 0 Å². The van der Waals surface area contributed by atoms with E-state index >= 15 is 0 Å². The van der Waals surface area contributed by atoms with Crippen LogP contribution in [0.5, 0.6) is 0 Å². The number of benzene rings is 1. The van der Waals surface area contributed by atoms with Crippen molar-refractivity contribution in [2.24, 2.45) is 0 Å². The molecule has 72 valence electrons. The maximum atomic E-state index is 10.3. The molecule has 2 N–H and O–H groups in total. The van der Waals surface area contributed by atoms with Gasteiger partial charge in [0.15, 0.2) is 0 Å². The van der Waals surface area contributed by atoms with E-state index in [9.17, 15) is 8.42 Å². The van der Waals surface area contributed by atoms with Gasteiger partial charge in [-0.1, -0.05) is 29.8 Å². The maximum Gasteiger partial charge on any atom is 0.333 e. The third kappa shape index (κ3) is 4.02. The zero-order valence-corrected chi connectivity index (χ0v) is 8.00. The van der Waals surface area contributed by atoms with E-state index in [-0.39, 0.29) is 6.54 Å². The fourth-order valence-corrected chi connectivity index (χ4v) is 1.35. The minimum atomic E-state index is -4.09. The first-order valence-corrected chi connectivity index (χ1v) is 5.19. The van der Waals surface area contributed by atoms with Crippen molar-refractivity contribution in [3.8, 4) is 0 Å². The quantitative estimate of drug-likeness (QED) is 0.714. The Balaban J connectivity index is 2.65. The standard InChI is InChI=1S/C8H11NO3S/c1-7-3-2-4-8(5-7)6-9-13(10,11)12/h2-5,9H,6H2,1H3,(H,10,11,12). The molecule has 0 saturated heterocycles. The van der Waals surface area contributed by atoms with E-state index in [0.717, 1.165) is 11.1 Å². The van der Waals surface area contributed by atoms with E-state index in [1.165, 1.54) is 0 Å². The van der Waals surface area contributed by atoms with Crippen LogP contribution < -0.4 is 4.72 Å². The lowest BCUT2D eigenvalue weighted by Gasteiger charge is -2.01. The van der Waals surface area contributed by atoms with Crippen molar-refractivity contribution in [1.82, 2.24) is 4.72 Å². The molecule has 0 fully saturated rings. The largest absolute Gasteiger partial charge is 0.333 e. The molecule has 0 aliphatic heterocycles. The van der Waals surface area contributed by atoms with Crippen molar-refractivity contribution in [3.05, 3.63) is 35.4 Å². The summed E-state index contributed by atoms with van der Waals surface area (Å²) >= 11 is 0. The first-order valence-electron chi connectivity index (χ1n) is 3.75. The van der Waals surface area contributed by atoms with Crippen LogP contribution >= 0.6 is 0 Å². The molecule has 0 amide bonds. The zero-order chi connectivity index (χ0) is 9.90. The summed E-state index contributed by atoms with van der Waals surface area (Å²) < 4.78 is 31.1. The molecule has 0 unspecified atom stereocenters. The Morgan fingerprint density at radius 2 is 2.15 bits per heavy atom. The third-order valence-corrected chi connectivity index (χ3v) is 2.05. The molecule has 0 heterocycles. The molecule has 1 aromatic carbocycles. The molecule has 1 rings (SSSR count).